The van der Waals surface area contributed by atoms with Crippen LogP contribution in [0.2, 0.25) is 0 Å². The summed E-state index contributed by atoms with van der Waals surface area (Å²) in [4.78, 5) is 29.9. The van der Waals surface area contributed by atoms with Crippen molar-refractivity contribution in [2.45, 2.75) is 70.0 Å². The van der Waals surface area contributed by atoms with Crippen LogP contribution >= 0.6 is 0 Å². The first-order chi connectivity index (χ1) is 19.3. The molecule has 0 unspecified atom stereocenters. The zero-order chi connectivity index (χ0) is 29.5. The number of rotatable bonds is 9. The molecule has 2 atom stereocenters. The van der Waals surface area contributed by atoms with E-state index in [2.05, 4.69) is 10.2 Å². The molecular formula is C30H35F4N3O4. The maximum atomic E-state index is 14.4. The quantitative estimate of drug-likeness (QED) is 0.257. The minimum absolute atomic E-state index is 0.0491. The molecule has 0 spiro atoms. The van der Waals surface area contributed by atoms with Crippen molar-refractivity contribution in [1.29, 1.82) is 0 Å². The van der Waals surface area contributed by atoms with Crippen LogP contribution in [-0.2, 0) is 9.53 Å². The standard InChI is InChI=1S/C30H35F4N3O4/c1-4-40-28(39)23(17-29(2,3)31)35-26(30(32,33)34)18-5-9-21-22-15-19(6-10-24(22)41-25(21)16-18)27(38)37-13-11-36(12-14-37)20-7-8-20/h5-6,9-10,15-16,20,23,26,35H,4,7-8,11-14,17H2,1-3H3/t23-,26-/m0/s1. The van der Waals surface area contributed by atoms with E-state index in [-0.39, 0.29) is 23.7 Å². The first kappa shape index (κ1) is 29.3. The van der Waals surface area contributed by atoms with E-state index in [1.165, 1.54) is 51.8 Å². The molecule has 0 bridgehead atoms. The van der Waals surface area contributed by atoms with Gasteiger partial charge in [-0.3, -0.25) is 19.8 Å². The second kappa shape index (κ2) is 11.2. The summed E-state index contributed by atoms with van der Waals surface area (Å²) in [7, 11) is 0. The van der Waals surface area contributed by atoms with Gasteiger partial charge in [0.25, 0.3) is 5.91 Å². The molecule has 222 valence electrons. The summed E-state index contributed by atoms with van der Waals surface area (Å²) in [6, 6.07) is 5.99. The van der Waals surface area contributed by atoms with Gasteiger partial charge in [0.1, 0.15) is 28.9 Å². The molecule has 5 rings (SSSR count). The van der Waals surface area contributed by atoms with Crippen molar-refractivity contribution in [2.75, 3.05) is 32.8 Å². The van der Waals surface area contributed by atoms with Gasteiger partial charge < -0.3 is 14.1 Å². The number of hydrogen-bond donors (Lipinski definition) is 1. The first-order valence-electron chi connectivity index (χ1n) is 14.0. The number of nitrogens with one attached hydrogen (secondary N) is 1. The van der Waals surface area contributed by atoms with E-state index in [1.807, 2.05) is 4.90 Å². The third-order valence-corrected chi connectivity index (χ3v) is 7.70. The smallest absolute Gasteiger partial charge is 0.407 e. The van der Waals surface area contributed by atoms with Crippen LogP contribution < -0.4 is 5.32 Å². The van der Waals surface area contributed by atoms with Gasteiger partial charge in [0.15, 0.2) is 0 Å². The van der Waals surface area contributed by atoms with Crippen LogP contribution in [-0.4, -0.2) is 78.4 Å². The van der Waals surface area contributed by atoms with E-state index in [9.17, 15) is 27.2 Å². The van der Waals surface area contributed by atoms with Gasteiger partial charge in [0.05, 0.1) is 6.61 Å². The number of carbonyl (C=O) groups excluding carboxylic acids is 2. The summed E-state index contributed by atoms with van der Waals surface area (Å²) in [6.07, 6.45) is -2.85. The average molecular weight is 578 g/mol. The van der Waals surface area contributed by atoms with Gasteiger partial charge in [-0.2, -0.15) is 13.2 Å². The van der Waals surface area contributed by atoms with Crippen LogP contribution in [0.25, 0.3) is 21.9 Å². The molecule has 1 N–H and O–H groups in total. The van der Waals surface area contributed by atoms with E-state index in [1.54, 1.807) is 18.2 Å². The zero-order valence-corrected chi connectivity index (χ0v) is 23.4. The third kappa shape index (κ3) is 6.67. The average Bonchev–Trinajstić information content (AvgIpc) is 3.70. The maximum absolute atomic E-state index is 14.4. The summed E-state index contributed by atoms with van der Waals surface area (Å²) in [6.45, 7) is 6.87. The second-order valence-electron chi connectivity index (χ2n) is 11.5. The number of nitrogens with zero attached hydrogens (tertiary/aromatic N) is 2. The summed E-state index contributed by atoms with van der Waals surface area (Å²) in [5.41, 5.74) is -0.976. The fourth-order valence-electron chi connectivity index (χ4n) is 5.54. The molecule has 2 aliphatic rings. The predicted molar refractivity (Wildman–Crippen MR) is 146 cm³/mol. The number of alkyl halides is 4. The molecule has 3 aromatic rings. The van der Waals surface area contributed by atoms with Crippen molar-refractivity contribution in [3.05, 3.63) is 47.5 Å². The molecule has 1 aliphatic carbocycles. The van der Waals surface area contributed by atoms with Crippen molar-refractivity contribution in [3.63, 3.8) is 0 Å². The Labute approximate surface area is 235 Å². The minimum Gasteiger partial charge on any atom is -0.465 e. The number of halogens is 4. The number of furan rings is 1. The second-order valence-corrected chi connectivity index (χ2v) is 11.5. The zero-order valence-electron chi connectivity index (χ0n) is 23.4. The Balaban J connectivity index is 1.41. The lowest BCUT2D eigenvalue weighted by Gasteiger charge is -2.34. The summed E-state index contributed by atoms with van der Waals surface area (Å²) in [5, 5.41) is 3.47. The van der Waals surface area contributed by atoms with Crippen LogP contribution in [0.1, 0.15) is 62.0 Å². The molecule has 41 heavy (non-hydrogen) atoms. The van der Waals surface area contributed by atoms with E-state index >= 15 is 0 Å². The van der Waals surface area contributed by atoms with Crippen LogP contribution in [0.4, 0.5) is 17.6 Å². The predicted octanol–water partition coefficient (Wildman–Crippen LogP) is 5.77. The number of amides is 1. The van der Waals surface area contributed by atoms with E-state index in [0.717, 1.165) is 13.1 Å². The summed E-state index contributed by atoms with van der Waals surface area (Å²) < 4.78 is 68.0. The number of benzene rings is 2. The highest BCUT2D eigenvalue weighted by molar-refractivity contribution is 6.08. The van der Waals surface area contributed by atoms with Gasteiger partial charge >= 0.3 is 12.1 Å². The fourth-order valence-corrected chi connectivity index (χ4v) is 5.54. The Morgan fingerprint density at radius 2 is 1.71 bits per heavy atom. The van der Waals surface area contributed by atoms with Crippen LogP contribution in [0.3, 0.4) is 0 Å². The highest BCUT2D eigenvalue weighted by Gasteiger charge is 2.44. The van der Waals surface area contributed by atoms with Crippen molar-refractivity contribution in [1.82, 2.24) is 15.1 Å². The van der Waals surface area contributed by atoms with Gasteiger partial charge in [-0.1, -0.05) is 12.1 Å². The van der Waals surface area contributed by atoms with Crippen molar-refractivity contribution in [2.24, 2.45) is 0 Å². The van der Waals surface area contributed by atoms with Gasteiger partial charge in [-0.25, -0.2) is 4.39 Å². The van der Waals surface area contributed by atoms with Gasteiger partial charge in [-0.05, 0) is 63.4 Å². The molecule has 11 heteroatoms. The molecular weight excluding hydrogens is 542 g/mol. The normalized spacial score (nSPS) is 18.6. The lowest BCUT2D eigenvalue weighted by atomic mass is 9.97. The molecule has 2 heterocycles. The molecule has 2 aromatic carbocycles. The van der Waals surface area contributed by atoms with Crippen LogP contribution in [0, 0.1) is 0 Å². The molecule has 2 fully saturated rings. The van der Waals surface area contributed by atoms with Crippen molar-refractivity contribution < 1.29 is 36.3 Å². The Bertz CT molecular complexity index is 1420. The summed E-state index contributed by atoms with van der Waals surface area (Å²) >= 11 is 0. The van der Waals surface area contributed by atoms with E-state index in [4.69, 9.17) is 9.15 Å². The molecule has 1 aromatic heterocycles. The SMILES string of the molecule is CCOC(=O)[C@H](CC(C)(C)F)N[C@@H](c1ccc2c(c1)oc1ccc(C(=O)N3CCN(C4CC4)CC3)cc12)C(F)(F)F. The molecule has 0 radical (unpaired) electrons. The van der Waals surface area contributed by atoms with Gasteiger partial charge in [0, 0.05) is 55.0 Å². The van der Waals surface area contributed by atoms with Gasteiger partial charge in [-0.15, -0.1) is 0 Å². The lowest BCUT2D eigenvalue weighted by molar-refractivity contribution is -0.165. The van der Waals surface area contributed by atoms with Crippen molar-refractivity contribution >= 4 is 33.8 Å². The summed E-state index contributed by atoms with van der Waals surface area (Å²) in [5.74, 6) is -1.04. The van der Waals surface area contributed by atoms with Crippen molar-refractivity contribution in [3.8, 4) is 0 Å². The highest BCUT2D eigenvalue weighted by Crippen LogP contribution is 2.38. The Hall–Kier alpha value is -3.18. The van der Waals surface area contributed by atoms with Crippen LogP contribution in [0.5, 0.6) is 0 Å². The number of esters is 1. The molecule has 1 aliphatic heterocycles. The number of fused-ring (bicyclic) bond motifs is 3. The molecule has 1 saturated carbocycles. The van der Waals surface area contributed by atoms with E-state index in [0.29, 0.717) is 41.1 Å². The third-order valence-electron chi connectivity index (χ3n) is 7.70. The largest absolute Gasteiger partial charge is 0.465 e. The Morgan fingerprint density at radius 3 is 2.32 bits per heavy atom. The highest BCUT2D eigenvalue weighted by atomic mass is 19.4. The monoisotopic (exact) mass is 577 g/mol. The lowest BCUT2D eigenvalue weighted by Crippen LogP contribution is -2.49. The number of carbonyl (C=O) groups is 2. The number of ether oxygens (including phenoxy) is 1. The molecule has 1 saturated heterocycles. The topological polar surface area (TPSA) is 75.0 Å². The Kier molecular flexibility index (Phi) is 8.04. The Morgan fingerprint density at radius 1 is 1.00 bits per heavy atom. The number of hydrogen-bond acceptors (Lipinski definition) is 6. The maximum Gasteiger partial charge on any atom is 0.407 e. The molecule has 1 amide bonds. The minimum atomic E-state index is -4.80. The van der Waals surface area contributed by atoms with Gasteiger partial charge in [0.2, 0.25) is 0 Å². The van der Waals surface area contributed by atoms with Crippen LogP contribution in [0.15, 0.2) is 40.8 Å². The fraction of sp³-hybridized carbons (Fsp3) is 0.533. The number of piperazine rings is 1. The first-order valence-corrected chi connectivity index (χ1v) is 14.0. The van der Waals surface area contributed by atoms with E-state index < -0.39 is 36.3 Å². The molecule has 7 nitrogen and oxygen atoms in total.